The monoisotopic (exact) mass is 454 g/mol. The fourth-order valence-corrected chi connectivity index (χ4v) is 3.78. The van der Waals surface area contributed by atoms with Crippen molar-refractivity contribution in [3.63, 3.8) is 0 Å². The Labute approximate surface area is 194 Å². The van der Waals surface area contributed by atoms with E-state index in [0.717, 1.165) is 16.5 Å². The average Bonchev–Trinajstić information content (AvgIpc) is 3.25. The maximum atomic E-state index is 12.6. The van der Waals surface area contributed by atoms with Crippen LogP contribution < -0.4 is 16.4 Å². The topological polar surface area (TPSA) is 109 Å². The number of para-hydroxylation sites is 2. The third-order valence-electron chi connectivity index (χ3n) is 5.17. The quantitative estimate of drug-likeness (QED) is 0.249. The Morgan fingerprint density at radius 3 is 2.64 bits per heavy atom. The maximum absolute atomic E-state index is 12.6. The third-order valence-corrected chi connectivity index (χ3v) is 5.45. The lowest BCUT2D eigenvalue weighted by Gasteiger charge is -2.11. The van der Waals surface area contributed by atoms with Crippen LogP contribution >= 0.6 is 11.6 Å². The largest absolute Gasteiger partial charge is 0.398 e. The van der Waals surface area contributed by atoms with Crippen LogP contribution in [0.4, 0.5) is 23.0 Å². The molecule has 0 aliphatic heterocycles. The number of rotatable bonds is 5. The molecule has 0 spiro atoms. The molecule has 2 heterocycles. The lowest BCUT2D eigenvalue weighted by Crippen LogP contribution is -2.14. The van der Waals surface area contributed by atoms with E-state index in [9.17, 15) is 4.79 Å². The smallest absolute Gasteiger partial charge is 0.257 e. The van der Waals surface area contributed by atoms with E-state index in [0.29, 0.717) is 39.3 Å². The van der Waals surface area contributed by atoms with Crippen molar-refractivity contribution in [1.82, 2.24) is 15.0 Å². The molecule has 0 saturated heterocycles. The Morgan fingerprint density at radius 1 is 0.970 bits per heavy atom. The number of amides is 1. The third kappa shape index (κ3) is 4.22. The summed E-state index contributed by atoms with van der Waals surface area (Å²) in [7, 11) is 0. The minimum absolute atomic E-state index is 0.283. The second kappa shape index (κ2) is 8.64. The molecule has 7 nitrogen and oxygen atoms in total. The van der Waals surface area contributed by atoms with Crippen molar-refractivity contribution < 1.29 is 4.79 Å². The Kier molecular flexibility index (Phi) is 5.38. The molecule has 0 radical (unpaired) electrons. The van der Waals surface area contributed by atoms with Crippen LogP contribution in [0.5, 0.6) is 0 Å². The molecule has 162 valence electrons. The second-order valence-electron chi connectivity index (χ2n) is 7.39. The summed E-state index contributed by atoms with van der Waals surface area (Å²) in [6.45, 7) is 0. The molecule has 33 heavy (non-hydrogen) atoms. The SMILES string of the molecule is Nc1ccccc1C(=O)Nc1cccc(Nc2ncc(Cl)c(-c3c[nH]c4ccccc34)n2)c1. The summed E-state index contributed by atoms with van der Waals surface area (Å²) in [5.74, 6) is 0.102. The zero-order chi connectivity index (χ0) is 22.8. The molecule has 0 saturated carbocycles. The first kappa shape index (κ1) is 20.5. The number of halogens is 1. The van der Waals surface area contributed by atoms with Crippen LogP contribution in [0, 0.1) is 0 Å². The van der Waals surface area contributed by atoms with Crippen molar-refractivity contribution in [2.75, 3.05) is 16.4 Å². The predicted molar refractivity (Wildman–Crippen MR) is 133 cm³/mol. The summed E-state index contributed by atoms with van der Waals surface area (Å²) in [6, 6.07) is 22.1. The van der Waals surface area contributed by atoms with Crippen molar-refractivity contribution >= 4 is 51.4 Å². The Hall–Kier alpha value is -4.36. The lowest BCUT2D eigenvalue weighted by atomic mass is 10.1. The number of carbonyl (C=O) groups is 1. The Bertz CT molecular complexity index is 1480. The van der Waals surface area contributed by atoms with Crippen molar-refractivity contribution in [2.24, 2.45) is 0 Å². The highest BCUT2D eigenvalue weighted by Gasteiger charge is 2.13. The van der Waals surface area contributed by atoms with Gasteiger partial charge >= 0.3 is 0 Å². The molecule has 2 aromatic heterocycles. The molecule has 8 heteroatoms. The molecule has 0 fully saturated rings. The van der Waals surface area contributed by atoms with Crippen LogP contribution in [0.25, 0.3) is 22.2 Å². The van der Waals surface area contributed by atoms with Gasteiger partial charge in [-0.1, -0.05) is 48.0 Å². The number of nitrogen functional groups attached to an aromatic ring is 1. The summed E-state index contributed by atoms with van der Waals surface area (Å²) < 4.78 is 0. The van der Waals surface area contributed by atoms with Crippen LogP contribution in [0.3, 0.4) is 0 Å². The molecule has 5 rings (SSSR count). The van der Waals surface area contributed by atoms with Crippen LogP contribution in [0.2, 0.25) is 5.02 Å². The van der Waals surface area contributed by atoms with Gasteiger partial charge in [0, 0.05) is 39.7 Å². The van der Waals surface area contributed by atoms with Crippen molar-refractivity contribution in [2.45, 2.75) is 0 Å². The number of carbonyl (C=O) groups excluding carboxylic acids is 1. The summed E-state index contributed by atoms with van der Waals surface area (Å²) in [6.07, 6.45) is 3.45. The predicted octanol–water partition coefficient (Wildman–Crippen LogP) is 5.86. The van der Waals surface area contributed by atoms with Gasteiger partial charge in [-0.15, -0.1) is 0 Å². The van der Waals surface area contributed by atoms with Crippen molar-refractivity contribution in [1.29, 1.82) is 0 Å². The number of anilines is 4. The van der Waals surface area contributed by atoms with E-state index in [1.807, 2.05) is 42.6 Å². The Balaban J connectivity index is 1.40. The standard InChI is InChI=1S/C25H19ClN6O/c26-20-14-29-25(32-23(20)19-13-28-22-11-4-2-8-17(19)22)31-16-7-5-6-15(12-16)30-24(33)18-9-1-3-10-21(18)27/h1-14,28H,27H2,(H,30,33)(H,29,31,32). The number of H-pyrrole nitrogens is 1. The number of hydrogen-bond donors (Lipinski definition) is 4. The van der Waals surface area contributed by atoms with Crippen LogP contribution in [0.15, 0.2) is 85.2 Å². The number of hydrogen-bond acceptors (Lipinski definition) is 5. The van der Waals surface area contributed by atoms with Crippen LogP contribution in [-0.2, 0) is 0 Å². The molecule has 0 unspecified atom stereocenters. The number of benzene rings is 3. The van der Waals surface area contributed by atoms with E-state index in [4.69, 9.17) is 17.3 Å². The van der Waals surface area contributed by atoms with E-state index in [1.54, 1.807) is 42.6 Å². The van der Waals surface area contributed by atoms with Gasteiger partial charge in [-0.25, -0.2) is 9.97 Å². The van der Waals surface area contributed by atoms with Gasteiger partial charge in [-0.05, 0) is 36.4 Å². The van der Waals surface area contributed by atoms with Crippen LogP contribution in [0.1, 0.15) is 10.4 Å². The van der Waals surface area contributed by atoms with E-state index in [1.165, 1.54) is 0 Å². The maximum Gasteiger partial charge on any atom is 0.257 e. The molecule has 0 aliphatic carbocycles. The van der Waals surface area contributed by atoms with Crippen LogP contribution in [-0.4, -0.2) is 20.9 Å². The fraction of sp³-hybridized carbons (Fsp3) is 0. The molecule has 5 aromatic rings. The molecule has 0 bridgehead atoms. The minimum atomic E-state index is -0.283. The Morgan fingerprint density at radius 2 is 1.76 bits per heavy atom. The molecule has 0 aliphatic rings. The summed E-state index contributed by atoms with van der Waals surface area (Å²) in [5.41, 5.74) is 10.6. The first-order valence-electron chi connectivity index (χ1n) is 10.2. The highest BCUT2D eigenvalue weighted by Crippen LogP contribution is 2.32. The minimum Gasteiger partial charge on any atom is -0.398 e. The number of fused-ring (bicyclic) bond motifs is 1. The first-order chi connectivity index (χ1) is 16.1. The zero-order valence-electron chi connectivity index (χ0n) is 17.3. The van der Waals surface area contributed by atoms with Gasteiger partial charge in [-0.2, -0.15) is 0 Å². The van der Waals surface area contributed by atoms with Gasteiger partial charge < -0.3 is 21.4 Å². The molecular formula is C25H19ClN6O. The van der Waals surface area contributed by atoms with Gasteiger partial charge in [0.25, 0.3) is 5.91 Å². The molecule has 5 N–H and O–H groups in total. The van der Waals surface area contributed by atoms with Gasteiger partial charge in [0.05, 0.1) is 22.5 Å². The van der Waals surface area contributed by atoms with E-state index >= 15 is 0 Å². The van der Waals surface area contributed by atoms with Gasteiger partial charge in [0.2, 0.25) is 5.95 Å². The normalized spacial score (nSPS) is 10.8. The number of aromatic amines is 1. The van der Waals surface area contributed by atoms with E-state index in [-0.39, 0.29) is 5.91 Å². The zero-order valence-corrected chi connectivity index (χ0v) is 18.1. The van der Waals surface area contributed by atoms with Gasteiger partial charge in [0.15, 0.2) is 0 Å². The number of nitrogens with two attached hydrogens (primary N) is 1. The highest BCUT2D eigenvalue weighted by molar-refractivity contribution is 6.33. The highest BCUT2D eigenvalue weighted by atomic mass is 35.5. The lowest BCUT2D eigenvalue weighted by molar-refractivity contribution is 0.102. The first-order valence-corrected chi connectivity index (χ1v) is 10.6. The van der Waals surface area contributed by atoms with Crippen molar-refractivity contribution in [3.05, 3.63) is 95.8 Å². The van der Waals surface area contributed by atoms with E-state index in [2.05, 4.69) is 25.6 Å². The number of aromatic nitrogens is 3. The summed E-state index contributed by atoms with van der Waals surface area (Å²) >= 11 is 6.42. The van der Waals surface area contributed by atoms with Crippen molar-refractivity contribution in [3.8, 4) is 11.3 Å². The fourth-order valence-electron chi connectivity index (χ4n) is 3.59. The van der Waals surface area contributed by atoms with Gasteiger partial charge in [0.1, 0.15) is 0 Å². The number of nitrogens with one attached hydrogen (secondary N) is 3. The molecule has 0 atom stereocenters. The average molecular weight is 455 g/mol. The summed E-state index contributed by atoms with van der Waals surface area (Å²) in [5, 5.41) is 7.52. The molecule has 1 amide bonds. The van der Waals surface area contributed by atoms with Gasteiger partial charge in [-0.3, -0.25) is 4.79 Å². The van der Waals surface area contributed by atoms with E-state index < -0.39 is 0 Å². The summed E-state index contributed by atoms with van der Waals surface area (Å²) in [4.78, 5) is 24.7. The number of nitrogens with zero attached hydrogens (tertiary/aromatic N) is 2. The second-order valence-corrected chi connectivity index (χ2v) is 7.79. The molecule has 3 aromatic carbocycles. The molecular weight excluding hydrogens is 436 g/mol.